The first-order chi connectivity index (χ1) is 12.7. The highest BCUT2D eigenvalue weighted by Gasteiger charge is 2.15. The molecule has 3 aromatic rings. The van der Waals surface area contributed by atoms with Crippen molar-refractivity contribution >= 4 is 23.2 Å². The van der Waals surface area contributed by atoms with Crippen molar-refractivity contribution in [1.82, 2.24) is 9.97 Å². The van der Waals surface area contributed by atoms with Crippen LogP contribution in [0.3, 0.4) is 0 Å². The van der Waals surface area contributed by atoms with E-state index in [1.807, 2.05) is 24.3 Å². The molecule has 6 heteroatoms. The Morgan fingerprint density at radius 1 is 0.615 bits per heavy atom. The first-order valence-electron chi connectivity index (χ1n) is 8.33. The van der Waals surface area contributed by atoms with Gasteiger partial charge in [0.15, 0.2) is 0 Å². The third kappa shape index (κ3) is 3.30. The van der Waals surface area contributed by atoms with Crippen molar-refractivity contribution in [2.24, 2.45) is 0 Å². The van der Waals surface area contributed by atoms with E-state index in [0.29, 0.717) is 35.6 Å². The summed E-state index contributed by atoms with van der Waals surface area (Å²) in [5.41, 5.74) is 3.29. The van der Waals surface area contributed by atoms with E-state index in [9.17, 15) is 9.59 Å². The fraction of sp³-hybridized carbons (Fsp3) is 0.100. The molecule has 0 atom stereocenters. The van der Waals surface area contributed by atoms with Gasteiger partial charge in [-0.25, -0.2) is 9.97 Å². The molecule has 2 aromatic heterocycles. The van der Waals surface area contributed by atoms with Crippen molar-refractivity contribution in [3.8, 4) is 0 Å². The fourth-order valence-electron chi connectivity index (χ4n) is 2.82. The standard InChI is InChI=1S/C20H16N4O2/c25-19-17-9-3-5-13(21-17)11-12-14-6-4-10-18(22-14)20(26)24-16-8-2-1-7-15(16)23-19/h1-10H,11-12H2,(H,23,25)(H,24,26). The highest BCUT2D eigenvalue weighted by Crippen LogP contribution is 2.22. The van der Waals surface area contributed by atoms with Crippen molar-refractivity contribution in [3.63, 3.8) is 0 Å². The van der Waals surface area contributed by atoms with Crippen LogP contribution in [0.4, 0.5) is 11.4 Å². The largest absolute Gasteiger partial charge is 0.319 e. The van der Waals surface area contributed by atoms with Gasteiger partial charge >= 0.3 is 0 Å². The van der Waals surface area contributed by atoms with Gasteiger partial charge in [-0.15, -0.1) is 0 Å². The lowest BCUT2D eigenvalue weighted by Gasteiger charge is -2.13. The molecule has 128 valence electrons. The maximum Gasteiger partial charge on any atom is 0.274 e. The maximum absolute atomic E-state index is 12.6. The normalized spacial score (nSPS) is 13.8. The summed E-state index contributed by atoms with van der Waals surface area (Å²) in [6.07, 6.45) is 1.27. The zero-order chi connectivity index (χ0) is 17.9. The van der Waals surface area contributed by atoms with E-state index in [2.05, 4.69) is 20.6 Å². The van der Waals surface area contributed by atoms with E-state index >= 15 is 0 Å². The number of amides is 2. The molecular formula is C20H16N4O2. The highest BCUT2D eigenvalue weighted by molar-refractivity contribution is 6.08. The molecule has 2 N–H and O–H groups in total. The van der Waals surface area contributed by atoms with Gasteiger partial charge in [-0.3, -0.25) is 9.59 Å². The van der Waals surface area contributed by atoms with Crippen molar-refractivity contribution in [3.05, 3.63) is 83.4 Å². The molecule has 26 heavy (non-hydrogen) atoms. The smallest absolute Gasteiger partial charge is 0.274 e. The molecule has 4 rings (SSSR count). The van der Waals surface area contributed by atoms with Gasteiger partial charge in [0.05, 0.1) is 11.4 Å². The highest BCUT2D eigenvalue weighted by atomic mass is 16.2. The molecule has 0 radical (unpaired) electrons. The van der Waals surface area contributed by atoms with E-state index in [1.54, 1.807) is 36.4 Å². The summed E-state index contributed by atoms with van der Waals surface area (Å²) in [6, 6.07) is 17.8. The van der Waals surface area contributed by atoms with E-state index < -0.39 is 0 Å². The van der Waals surface area contributed by atoms with Crippen molar-refractivity contribution in [2.75, 3.05) is 10.6 Å². The van der Waals surface area contributed by atoms with Gasteiger partial charge in [0.25, 0.3) is 11.8 Å². The number of benzene rings is 1. The molecule has 6 nitrogen and oxygen atoms in total. The first kappa shape index (κ1) is 16.0. The minimum atomic E-state index is -0.317. The Morgan fingerprint density at radius 3 is 1.54 bits per heavy atom. The average molecular weight is 344 g/mol. The first-order valence-corrected chi connectivity index (χ1v) is 8.33. The Balaban J connectivity index is 1.80. The van der Waals surface area contributed by atoms with Gasteiger partial charge in [0, 0.05) is 11.4 Å². The van der Waals surface area contributed by atoms with Crippen molar-refractivity contribution in [1.29, 1.82) is 0 Å². The Labute approximate surface area is 150 Å². The number of aromatic nitrogens is 2. The van der Waals surface area contributed by atoms with Gasteiger partial charge in [0.1, 0.15) is 11.4 Å². The lowest BCUT2D eigenvalue weighted by molar-refractivity contribution is 0.101. The SMILES string of the molecule is O=C1Nc2ccccc2NC(=O)c2cccc(n2)CCc2cccc1n2. The zero-order valence-electron chi connectivity index (χ0n) is 13.9. The predicted octanol–water partition coefficient (Wildman–Crippen LogP) is 3.08. The van der Waals surface area contributed by atoms with Gasteiger partial charge in [0.2, 0.25) is 0 Å². The Hall–Kier alpha value is -3.54. The Morgan fingerprint density at radius 2 is 1.08 bits per heavy atom. The molecule has 1 aliphatic heterocycles. The monoisotopic (exact) mass is 344 g/mol. The van der Waals surface area contributed by atoms with Crippen LogP contribution >= 0.6 is 0 Å². The summed E-state index contributed by atoms with van der Waals surface area (Å²) < 4.78 is 0. The molecular weight excluding hydrogens is 328 g/mol. The molecule has 4 bridgehead atoms. The maximum atomic E-state index is 12.6. The number of carbonyl (C=O) groups excluding carboxylic acids is 2. The molecule has 0 unspecified atom stereocenters. The molecule has 1 aromatic carbocycles. The van der Waals surface area contributed by atoms with Crippen molar-refractivity contribution < 1.29 is 9.59 Å². The van der Waals surface area contributed by atoms with E-state index in [0.717, 1.165) is 11.4 Å². The lowest BCUT2D eigenvalue weighted by atomic mass is 10.1. The van der Waals surface area contributed by atoms with E-state index in [-0.39, 0.29) is 11.8 Å². The number of nitrogens with zero attached hydrogens (tertiary/aromatic N) is 2. The number of aryl methyl sites for hydroxylation is 2. The Kier molecular flexibility index (Phi) is 4.15. The molecule has 1 aliphatic rings. The molecule has 0 aliphatic carbocycles. The summed E-state index contributed by atoms with van der Waals surface area (Å²) in [5.74, 6) is -0.635. The molecule has 2 amide bonds. The van der Waals surface area contributed by atoms with Gasteiger partial charge in [-0.05, 0) is 49.2 Å². The number of fused-ring (bicyclic) bond motifs is 5. The minimum Gasteiger partial charge on any atom is -0.319 e. The lowest BCUT2D eigenvalue weighted by Crippen LogP contribution is -2.19. The van der Waals surface area contributed by atoms with Crippen LogP contribution in [-0.2, 0) is 12.8 Å². The minimum absolute atomic E-state index is 0.317. The van der Waals surface area contributed by atoms with Crippen LogP contribution < -0.4 is 10.6 Å². The molecule has 0 saturated heterocycles. The van der Waals surface area contributed by atoms with Crippen LogP contribution in [0.25, 0.3) is 0 Å². The van der Waals surface area contributed by atoms with Crippen LogP contribution in [0, 0.1) is 0 Å². The van der Waals surface area contributed by atoms with E-state index in [1.165, 1.54) is 0 Å². The quantitative estimate of drug-likeness (QED) is 0.656. The summed E-state index contributed by atoms with van der Waals surface area (Å²) in [7, 11) is 0. The zero-order valence-corrected chi connectivity index (χ0v) is 13.9. The number of anilines is 2. The summed E-state index contributed by atoms with van der Waals surface area (Å²) in [5, 5.41) is 5.63. The second-order valence-electron chi connectivity index (χ2n) is 5.98. The average Bonchev–Trinajstić information content (AvgIpc) is 2.67. The van der Waals surface area contributed by atoms with E-state index in [4.69, 9.17) is 0 Å². The van der Waals surface area contributed by atoms with Crippen LogP contribution in [0.5, 0.6) is 0 Å². The molecule has 3 heterocycles. The molecule has 0 spiro atoms. The summed E-state index contributed by atoms with van der Waals surface area (Å²) >= 11 is 0. The van der Waals surface area contributed by atoms with Crippen molar-refractivity contribution in [2.45, 2.75) is 12.8 Å². The number of carbonyl (C=O) groups is 2. The van der Waals surface area contributed by atoms with Crippen LogP contribution in [0.15, 0.2) is 60.7 Å². The predicted molar refractivity (Wildman–Crippen MR) is 98.2 cm³/mol. The number of hydrogen-bond acceptors (Lipinski definition) is 4. The second kappa shape index (κ2) is 6.76. The van der Waals surface area contributed by atoms with Crippen LogP contribution in [0.2, 0.25) is 0 Å². The summed E-state index contributed by atoms with van der Waals surface area (Å²) in [6.45, 7) is 0. The number of hydrogen-bond donors (Lipinski definition) is 2. The Bertz CT molecular complexity index is 920. The summed E-state index contributed by atoms with van der Waals surface area (Å²) in [4.78, 5) is 34.0. The number of rotatable bonds is 0. The van der Waals surface area contributed by atoms with Crippen LogP contribution in [-0.4, -0.2) is 21.8 Å². The third-order valence-corrected chi connectivity index (χ3v) is 4.14. The second-order valence-corrected chi connectivity index (χ2v) is 5.98. The number of para-hydroxylation sites is 2. The topological polar surface area (TPSA) is 84.0 Å². The number of nitrogens with one attached hydrogen (secondary N) is 2. The fourth-order valence-corrected chi connectivity index (χ4v) is 2.82. The molecule has 0 fully saturated rings. The van der Waals surface area contributed by atoms with Gasteiger partial charge in [-0.2, -0.15) is 0 Å². The van der Waals surface area contributed by atoms with Crippen LogP contribution in [0.1, 0.15) is 32.4 Å². The van der Waals surface area contributed by atoms with Gasteiger partial charge < -0.3 is 10.6 Å². The van der Waals surface area contributed by atoms with Gasteiger partial charge in [-0.1, -0.05) is 24.3 Å². The third-order valence-electron chi connectivity index (χ3n) is 4.14. The molecule has 0 saturated carbocycles. The number of pyridine rings is 2.